The number of likely N-dealkylation sites (tertiary alicyclic amines) is 1. The maximum absolute atomic E-state index is 12.3. The summed E-state index contributed by atoms with van der Waals surface area (Å²) in [6.07, 6.45) is 3.02. The van der Waals surface area contributed by atoms with E-state index >= 15 is 0 Å². The molecule has 7 heteroatoms. The topological polar surface area (TPSA) is 72.6 Å². The third-order valence-corrected chi connectivity index (χ3v) is 4.65. The van der Waals surface area contributed by atoms with Gasteiger partial charge in [0.25, 0.3) is 5.91 Å². The van der Waals surface area contributed by atoms with Crippen molar-refractivity contribution in [2.24, 2.45) is 0 Å². The predicted octanol–water partition coefficient (Wildman–Crippen LogP) is 3.52. The normalized spacial score (nSPS) is 21.1. The number of nitrogen functional groups attached to an aromatic ring is 1. The van der Waals surface area contributed by atoms with Crippen molar-refractivity contribution in [1.29, 1.82) is 0 Å². The quantitative estimate of drug-likeness (QED) is 0.662. The third-order valence-electron chi connectivity index (χ3n) is 4.12. The first-order valence-electron chi connectivity index (χ1n) is 7.54. The van der Waals surface area contributed by atoms with E-state index in [2.05, 4.69) is 0 Å². The van der Waals surface area contributed by atoms with Gasteiger partial charge >= 0.3 is 5.97 Å². The minimum Gasteiger partial charge on any atom is -0.452 e. The average molecular weight is 359 g/mol. The van der Waals surface area contributed by atoms with Gasteiger partial charge in [-0.1, -0.05) is 23.2 Å². The molecule has 0 spiro atoms. The summed E-state index contributed by atoms with van der Waals surface area (Å²) in [5.41, 5.74) is 5.91. The Bertz CT molecular complexity index is 612. The van der Waals surface area contributed by atoms with E-state index in [0.717, 1.165) is 19.3 Å². The number of halogens is 2. The number of nitrogens with zero attached hydrogens (tertiary/aromatic N) is 1. The minimum absolute atomic E-state index is 0.0649. The Kier molecular flexibility index (Phi) is 5.76. The van der Waals surface area contributed by atoms with Crippen LogP contribution < -0.4 is 5.73 Å². The fraction of sp³-hybridized carbons (Fsp3) is 0.500. The van der Waals surface area contributed by atoms with Gasteiger partial charge in [-0.3, -0.25) is 4.79 Å². The monoisotopic (exact) mass is 358 g/mol. The minimum atomic E-state index is -0.711. The number of carbonyl (C=O) groups is 2. The average Bonchev–Trinajstić information content (AvgIpc) is 2.48. The summed E-state index contributed by atoms with van der Waals surface area (Å²) < 4.78 is 5.10. The number of amides is 1. The largest absolute Gasteiger partial charge is 0.452 e. The summed E-state index contributed by atoms with van der Waals surface area (Å²) in [4.78, 5) is 26.3. The molecule has 2 atom stereocenters. The highest BCUT2D eigenvalue weighted by molar-refractivity contribution is 6.37. The van der Waals surface area contributed by atoms with E-state index in [-0.39, 0.29) is 45.9 Å². The van der Waals surface area contributed by atoms with Gasteiger partial charge < -0.3 is 15.4 Å². The number of nitrogens with two attached hydrogens (primary N) is 1. The molecule has 1 aliphatic rings. The number of piperidine rings is 1. The van der Waals surface area contributed by atoms with Crippen LogP contribution in [-0.4, -0.2) is 35.5 Å². The van der Waals surface area contributed by atoms with Gasteiger partial charge in [-0.2, -0.15) is 0 Å². The Morgan fingerprint density at radius 1 is 1.26 bits per heavy atom. The van der Waals surface area contributed by atoms with E-state index < -0.39 is 5.97 Å². The van der Waals surface area contributed by atoms with Crippen LogP contribution in [0.3, 0.4) is 0 Å². The van der Waals surface area contributed by atoms with Crippen LogP contribution in [0.2, 0.25) is 10.0 Å². The summed E-state index contributed by atoms with van der Waals surface area (Å²) >= 11 is 11.8. The number of hydrogen-bond acceptors (Lipinski definition) is 4. The Labute approximate surface area is 145 Å². The number of ether oxygens (including phenoxy) is 1. The molecule has 2 N–H and O–H groups in total. The van der Waals surface area contributed by atoms with E-state index in [1.807, 2.05) is 13.8 Å². The first-order valence-corrected chi connectivity index (χ1v) is 8.29. The second-order valence-corrected chi connectivity index (χ2v) is 6.70. The fourth-order valence-corrected chi connectivity index (χ4v) is 3.44. The Morgan fingerprint density at radius 3 is 2.48 bits per heavy atom. The lowest BCUT2D eigenvalue weighted by atomic mass is 9.97. The first kappa shape index (κ1) is 17.9. The molecule has 2 rings (SSSR count). The molecule has 0 aliphatic carbocycles. The third kappa shape index (κ3) is 4.09. The van der Waals surface area contributed by atoms with Gasteiger partial charge in [-0.25, -0.2) is 4.79 Å². The van der Waals surface area contributed by atoms with Gasteiger partial charge in [-0.05, 0) is 45.2 Å². The van der Waals surface area contributed by atoms with Crippen molar-refractivity contribution in [3.63, 3.8) is 0 Å². The van der Waals surface area contributed by atoms with Crippen LogP contribution in [0.4, 0.5) is 5.69 Å². The molecule has 0 bridgehead atoms. The van der Waals surface area contributed by atoms with Gasteiger partial charge in [0.2, 0.25) is 0 Å². The Balaban J connectivity index is 2.03. The van der Waals surface area contributed by atoms with E-state index in [4.69, 9.17) is 33.7 Å². The summed E-state index contributed by atoms with van der Waals surface area (Å²) in [5, 5.41) is 0.454. The molecule has 2 unspecified atom stereocenters. The van der Waals surface area contributed by atoms with Crippen LogP contribution in [0.25, 0.3) is 0 Å². The second kappa shape index (κ2) is 7.41. The summed E-state index contributed by atoms with van der Waals surface area (Å²) in [6.45, 7) is 3.69. The second-order valence-electron chi connectivity index (χ2n) is 5.85. The molecule has 1 saturated heterocycles. The van der Waals surface area contributed by atoms with Gasteiger partial charge in [0, 0.05) is 17.1 Å². The molecule has 1 fully saturated rings. The standard InChI is InChI=1S/C16H20Cl2N2O3/c1-9-4-3-5-10(2)20(9)14(21)8-23-16(22)12-6-11(17)7-13(18)15(12)19/h6-7,9-10H,3-5,8,19H2,1-2H3. The van der Waals surface area contributed by atoms with Crippen molar-refractivity contribution < 1.29 is 14.3 Å². The molecule has 1 heterocycles. The number of anilines is 1. The van der Waals surface area contributed by atoms with Gasteiger partial charge in [0.1, 0.15) is 0 Å². The van der Waals surface area contributed by atoms with Crippen LogP contribution in [0.15, 0.2) is 12.1 Å². The molecule has 126 valence electrons. The van der Waals surface area contributed by atoms with Crippen molar-refractivity contribution in [1.82, 2.24) is 4.90 Å². The maximum atomic E-state index is 12.3. The molecular formula is C16H20Cl2N2O3. The Hall–Kier alpha value is -1.46. The van der Waals surface area contributed by atoms with Crippen LogP contribution in [0, 0.1) is 0 Å². The zero-order chi connectivity index (χ0) is 17.1. The zero-order valence-electron chi connectivity index (χ0n) is 13.1. The smallest absolute Gasteiger partial charge is 0.340 e. The van der Waals surface area contributed by atoms with Crippen LogP contribution in [0.1, 0.15) is 43.5 Å². The van der Waals surface area contributed by atoms with Gasteiger partial charge in [-0.15, -0.1) is 0 Å². The van der Waals surface area contributed by atoms with Crippen molar-refractivity contribution in [2.75, 3.05) is 12.3 Å². The zero-order valence-corrected chi connectivity index (χ0v) is 14.7. The van der Waals surface area contributed by atoms with Gasteiger partial charge in [0.15, 0.2) is 6.61 Å². The van der Waals surface area contributed by atoms with E-state index in [0.29, 0.717) is 0 Å². The lowest BCUT2D eigenvalue weighted by Crippen LogP contribution is -2.49. The molecule has 0 radical (unpaired) electrons. The number of esters is 1. The molecule has 5 nitrogen and oxygen atoms in total. The number of carbonyl (C=O) groups excluding carboxylic acids is 2. The lowest BCUT2D eigenvalue weighted by molar-refractivity contribution is -0.140. The number of rotatable bonds is 3. The molecule has 23 heavy (non-hydrogen) atoms. The van der Waals surface area contributed by atoms with E-state index in [9.17, 15) is 9.59 Å². The summed E-state index contributed by atoms with van der Waals surface area (Å²) in [7, 11) is 0. The maximum Gasteiger partial charge on any atom is 0.340 e. The summed E-state index contributed by atoms with van der Waals surface area (Å²) in [5.74, 6) is -0.915. The molecule has 1 amide bonds. The number of hydrogen-bond donors (Lipinski definition) is 1. The van der Waals surface area contributed by atoms with Crippen LogP contribution in [-0.2, 0) is 9.53 Å². The highest BCUT2D eigenvalue weighted by Gasteiger charge is 2.29. The molecule has 1 aromatic carbocycles. The predicted molar refractivity (Wildman–Crippen MR) is 90.8 cm³/mol. The van der Waals surface area contributed by atoms with Crippen molar-refractivity contribution in [2.45, 2.75) is 45.2 Å². The lowest BCUT2D eigenvalue weighted by Gasteiger charge is -2.38. The van der Waals surface area contributed by atoms with E-state index in [1.54, 1.807) is 4.90 Å². The van der Waals surface area contributed by atoms with E-state index in [1.165, 1.54) is 12.1 Å². The molecule has 1 aliphatic heterocycles. The number of benzene rings is 1. The van der Waals surface area contributed by atoms with Crippen LogP contribution >= 0.6 is 23.2 Å². The molecule has 0 saturated carbocycles. The first-order chi connectivity index (χ1) is 10.8. The highest BCUT2D eigenvalue weighted by Crippen LogP contribution is 2.28. The van der Waals surface area contributed by atoms with Crippen molar-refractivity contribution in [3.05, 3.63) is 27.7 Å². The van der Waals surface area contributed by atoms with Crippen LogP contribution in [0.5, 0.6) is 0 Å². The molecular weight excluding hydrogens is 339 g/mol. The van der Waals surface area contributed by atoms with Crippen molar-refractivity contribution >= 4 is 40.8 Å². The molecule has 0 aromatic heterocycles. The Morgan fingerprint density at radius 2 is 1.87 bits per heavy atom. The SMILES string of the molecule is CC1CCCC(C)N1C(=O)COC(=O)c1cc(Cl)cc(Cl)c1N. The molecule has 1 aromatic rings. The summed E-state index contributed by atoms with van der Waals surface area (Å²) in [6, 6.07) is 3.12. The van der Waals surface area contributed by atoms with Crippen molar-refractivity contribution in [3.8, 4) is 0 Å². The fourth-order valence-electron chi connectivity index (χ4n) is 2.95. The van der Waals surface area contributed by atoms with Gasteiger partial charge in [0.05, 0.1) is 16.3 Å². The highest BCUT2D eigenvalue weighted by atomic mass is 35.5.